The lowest BCUT2D eigenvalue weighted by molar-refractivity contribution is -0.121. The minimum atomic E-state index is 0. The second kappa shape index (κ2) is 10.3. The first-order valence-corrected chi connectivity index (χ1v) is 9.52. The minimum absolute atomic E-state index is 0. The summed E-state index contributed by atoms with van der Waals surface area (Å²) in [5.41, 5.74) is 10.0. The van der Waals surface area contributed by atoms with Gasteiger partial charge in [-0.1, -0.05) is 6.07 Å². The van der Waals surface area contributed by atoms with E-state index >= 15 is 0 Å². The average molecular weight is 421 g/mol. The number of benzene rings is 2. The van der Waals surface area contributed by atoms with E-state index in [9.17, 15) is 4.79 Å². The maximum absolute atomic E-state index is 12.6. The summed E-state index contributed by atoms with van der Waals surface area (Å²) in [6, 6.07) is 9.77. The lowest BCUT2D eigenvalue weighted by atomic mass is 9.87. The third-order valence-electron chi connectivity index (χ3n) is 5.18. The van der Waals surface area contributed by atoms with Crippen LogP contribution in [0.2, 0.25) is 0 Å². The van der Waals surface area contributed by atoms with Gasteiger partial charge in [0.2, 0.25) is 11.7 Å². The second-order valence-electron chi connectivity index (χ2n) is 7.00. The van der Waals surface area contributed by atoms with Gasteiger partial charge in [-0.15, -0.1) is 12.4 Å². The Morgan fingerprint density at radius 2 is 1.79 bits per heavy atom. The van der Waals surface area contributed by atoms with Crippen LogP contribution in [0.1, 0.15) is 42.0 Å². The van der Waals surface area contributed by atoms with Gasteiger partial charge in [-0.3, -0.25) is 4.79 Å². The number of nitrogen functional groups attached to an aromatic ring is 1. The molecule has 158 valence electrons. The molecule has 2 aromatic rings. The van der Waals surface area contributed by atoms with E-state index in [0.29, 0.717) is 30.1 Å². The summed E-state index contributed by atoms with van der Waals surface area (Å²) in [4.78, 5) is 12.6. The zero-order chi connectivity index (χ0) is 20.1. The molecule has 3 rings (SSSR count). The van der Waals surface area contributed by atoms with Crippen molar-refractivity contribution >= 4 is 24.0 Å². The minimum Gasteiger partial charge on any atom is -0.493 e. The smallest absolute Gasteiger partial charge is 0.220 e. The van der Waals surface area contributed by atoms with E-state index in [0.717, 1.165) is 30.5 Å². The fraction of sp³-hybridized carbons (Fsp3) is 0.409. The standard InChI is InChI=1S/C22H28N2O4.ClH/c1-26-19-11-14(12-20(27-2)22(19)28-3)7-10-21(25)24-18-6-4-5-15-13-16(23)8-9-17(15)18;/h8-9,11-13,18H,4-7,10,23H2,1-3H3,(H,24,25);1H. The number of carbonyl (C=O) groups is 1. The molecule has 0 aliphatic heterocycles. The molecule has 6 nitrogen and oxygen atoms in total. The molecule has 0 saturated carbocycles. The van der Waals surface area contributed by atoms with Gasteiger partial charge in [0.1, 0.15) is 0 Å². The molecule has 0 heterocycles. The normalized spacial score (nSPS) is 14.9. The number of halogens is 1. The number of fused-ring (bicyclic) bond motifs is 1. The van der Waals surface area contributed by atoms with Crippen LogP contribution in [0.5, 0.6) is 17.2 Å². The summed E-state index contributed by atoms with van der Waals surface area (Å²) in [7, 11) is 4.74. The molecule has 0 radical (unpaired) electrons. The van der Waals surface area contributed by atoms with Crippen molar-refractivity contribution in [2.24, 2.45) is 0 Å². The van der Waals surface area contributed by atoms with Gasteiger partial charge in [-0.25, -0.2) is 0 Å². The van der Waals surface area contributed by atoms with Gasteiger partial charge in [0.15, 0.2) is 11.5 Å². The summed E-state index contributed by atoms with van der Waals surface area (Å²) in [5, 5.41) is 3.18. The summed E-state index contributed by atoms with van der Waals surface area (Å²) < 4.78 is 16.1. The van der Waals surface area contributed by atoms with Crippen LogP contribution < -0.4 is 25.3 Å². The van der Waals surface area contributed by atoms with Crippen molar-refractivity contribution in [2.75, 3.05) is 27.1 Å². The Labute approximate surface area is 178 Å². The Kier molecular flexibility index (Phi) is 8.02. The fourth-order valence-corrected chi connectivity index (χ4v) is 3.79. The van der Waals surface area contributed by atoms with Gasteiger partial charge in [0, 0.05) is 12.1 Å². The highest BCUT2D eigenvalue weighted by Gasteiger charge is 2.22. The molecular weight excluding hydrogens is 392 g/mol. The number of ether oxygens (including phenoxy) is 3. The summed E-state index contributed by atoms with van der Waals surface area (Å²) in [6.45, 7) is 0. The molecule has 1 aliphatic carbocycles. The first-order chi connectivity index (χ1) is 13.5. The van der Waals surface area contributed by atoms with Crippen LogP contribution in [-0.4, -0.2) is 27.2 Å². The predicted octanol–water partition coefficient (Wildman–Crippen LogP) is 3.84. The van der Waals surface area contributed by atoms with E-state index in [2.05, 4.69) is 5.32 Å². The van der Waals surface area contributed by atoms with Crippen LogP contribution in [0.3, 0.4) is 0 Å². The fourth-order valence-electron chi connectivity index (χ4n) is 3.79. The molecule has 0 saturated heterocycles. The van der Waals surface area contributed by atoms with Gasteiger partial charge in [0.25, 0.3) is 0 Å². The highest BCUT2D eigenvalue weighted by atomic mass is 35.5. The molecule has 0 spiro atoms. The van der Waals surface area contributed by atoms with Crippen LogP contribution in [0, 0.1) is 0 Å². The second-order valence-corrected chi connectivity index (χ2v) is 7.00. The third-order valence-corrected chi connectivity index (χ3v) is 5.18. The summed E-state index contributed by atoms with van der Waals surface area (Å²) in [6.07, 6.45) is 3.99. The van der Waals surface area contributed by atoms with Crippen LogP contribution in [-0.2, 0) is 17.6 Å². The number of nitrogens with two attached hydrogens (primary N) is 1. The van der Waals surface area contributed by atoms with E-state index in [4.69, 9.17) is 19.9 Å². The average Bonchev–Trinajstić information content (AvgIpc) is 2.71. The molecule has 2 aromatic carbocycles. The highest BCUT2D eigenvalue weighted by Crippen LogP contribution is 2.38. The van der Waals surface area contributed by atoms with Crippen molar-refractivity contribution in [3.63, 3.8) is 0 Å². The monoisotopic (exact) mass is 420 g/mol. The van der Waals surface area contributed by atoms with Crippen molar-refractivity contribution in [2.45, 2.75) is 38.1 Å². The van der Waals surface area contributed by atoms with Crippen LogP contribution in [0.25, 0.3) is 0 Å². The number of rotatable bonds is 7. The molecular formula is C22H29ClN2O4. The number of hydrogen-bond acceptors (Lipinski definition) is 5. The molecule has 0 bridgehead atoms. The van der Waals surface area contributed by atoms with Crippen molar-refractivity contribution in [3.8, 4) is 17.2 Å². The van der Waals surface area contributed by atoms with Gasteiger partial charge >= 0.3 is 0 Å². The van der Waals surface area contributed by atoms with E-state index in [-0.39, 0.29) is 24.4 Å². The van der Waals surface area contributed by atoms with E-state index in [1.807, 2.05) is 30.3 Å². The Balaban J connectivity index is 0.00000300. The summed E-state index contributed by atoms with van der Waals surface area (Å²) in [5.74, 6) is 1.77. The Bertz CT molecular complexity index is 832. The number of methoxy groups -OCH3 is 3. The van der Waals surface area contributed by atoms with Crippen LogP contribution >= 0.6 is 12.4 Å². The largest absolute Gasteiger partial charge is 0.493 e. The van der Waals surface area contributed by atoms with Crippen molar-refractivity contribution in [1.82, 2.24) is 5.32 Å². The van der Waals surface area contributed by atoms with E-state index in [1.165, 1.54) is 11.1 Å². The van der Waals surface area contributed by atoms with Crippen molar-refractivity contribution < 1.29 is 19.0 Å². The van der Waals surface area contributed by atoms with Gasteiger partial charge in [0.05, 0.1) is 27.4 Å². The first kappa shape index (κ1) is 22.7. The Hall–Kier alpha value is -2.60. The predicted molar refractivity (Wildman–Crippen MR) is 116 cm³/mol. The number of carbonyl (C=O) groups excluding carboxylic acids is 1. The molecule has 7 heteroatoms. The van der Waals surface area contributed by atoms with Crippen molar-refractivity contribution in [1.29, 1.82) is 0 Å². The molecule has 1 aliphatic rings. The van der Waals surface area contributed by atoms with Crippen LogP contribution in [0.4, 0.5) is 5.69 Å². The SMILES string of the molecule is COc1cc(CCC(=O)NC2CCCc3cc(N)ccc32)cc(OC)c1OC.Cl. The molecule has 1 atom stereocenters. The Morgan fingerprint density at radius 1 is 1.10 bits per heavy atom. The number of aryl methyl sites for hydroxylation is 2. The van der Waals surface area contributed by atoms with Gasteiger partial charge in [-0.2, -0.15) is 0 Å². The van der Waals surface area contributed by atoms with Crippen LogP contribution in [0.15, 0.2) is 30.3 Å². The zero-order valence-corrected chi connectivity index (χ0v) is 17.9. The van der Waals surface area contributed by atoms with Gasteiger partial charge < -0.3 is 25.3 Å². The molecule has 29 heavy (non-hydrogen) atoms. The molecule has 1 unspecified atom stereocenters. The van der Waals surface area contributed by atoms with E-state index < -0.39 is 0 Å². The maximum atomic E-state index is 12.6. The number of nitrogens with one attached hydrogen (secondary N) is 1. The topological polar surface area (TPSA) is 82.8 Å². The lowest BCUT2D eigenvalue weighted by Gasteiger charge is -2.26. The molecule has 1 amide bonds. The molecule has 0 aromatic heterocycles. The van der Waals surface area contributed by atoms with Crippen molar-refractivity contribution in [3.05, 3.63) is 47.0 Å². The first-order valence-electron chi connectivity index (χ1n) is 9.52. The third kappa shape index (κ3) is 5.26. The Morgan fingerprint density at radius 3 is 2.41 bits per heavy atom. The van der Waals surface area contributed by atoms with E-state index in [1.54, 1.807) is 21.3 Å². The van der Waals surface area contributed by atoms with Gasteiger partial charge in [-0.05, 0) is 66.6 Å². The maximum Gasteiger partial charge on any atom is 0.220 e. The number of anilines is 1. The molecule has 0 fully saturated rings. The molecule has 3 N–H and O–H groups in total. The quantitative estimate of drug-likeness (QED) is 0.665. The number of amides is 1. The zero-order valence-electron chi connectivity index (χ0n) is 17.1. The highest BCUT2D eigenvalue weighted by molar-refractivity contribution is 5.85. The lowest BCUT2D eigenvalue weighted by Crippen LogP contribution is -2.31. The number of hydrogen-bond donors (Lipinski definition) is 2. The summed E-state index contributed by atoms with van der Waals surface area (Å²) >= 11 is 0.